The Hall–Kier alpha value is -1.06. The minimum atomic E-state index is -0.0231. The van der Waals surface area contributed by atoms with Crippen LogP contribution in [0.25, 0.3) is 0 Å². The van der Waals surface area contributed by atoms with Crippen LogP contribution in [0.3, 0.4) is 0 Å². The van der Waals surface area contributed by atoms with E-state index < -0.39 is 0 Å². The summed E-state index contributed by atoms with van der Waals surface area (Å²) in [7, 11) is 0. The Bertz CT molecular complexity index is 384. The van der Waals surface area contributed by atoms with Crippen molar-refractivity contribution in [3.05, 3.63) is 0 Å². The fourth-order valence-electron chi connectivity index (χ4n) is 4.06. The van der Waals surface area contributed by atoms with Gasteiger partial charge in [0.2, 0.25) is 0 Å². The van der Waals surface area contributed by atoms with E-state index in [-0.39, 0.29) is 11.9 Å². The number of ether oxygens (including phenoxy) is 2. The smallest absolute Gasteiger partial charge is 0.305 e. The molecule has 0 amide bonds. The van der Waals surface area contributed by atoms with Crippen LogP contribution in [0, 0.1) is 0 Å². The van der Waals surface area contributed by atoms with Gasteiger partial charge in [-0.1, -0.05) is 123 Å². The van der Waals surface area contributed by atoms with E-state index in [0.29, 0.717) is 26.1 Å². The van der Waals surface area contributed by atoms with Gasteiger partial charge in [-0.15, -0.1) is 0 Å². The van der Waals surface area contributed by atoms with Gasteiger partial charge in [0.25, 0.3) is 0 Å². The molecule has 0 unspecified atom stereocenters. The Labute approximate surface area is 206 Å². The second kappa shape index (κ2) is 27.2. The van der Waals surface area contributed by atoms with Crippen molar-refractivity contribution in [1.82, 2.24) is 0 Å². The minimum absolute atomic E-state index is 0.0231. The maximum Gasteiger partial charge on any atom is 0.305 e. The lowest BCUT2D eigenvalue weighted by Gasteiger charge is -2.06. The van der Waals surface area contributed by atoms with Gasteiger partial charge >= 0.3 is 11.9 Å². The fraction of sp³-hybridized carbons (Fsp3) is 0.931. The molecule has 0 bridgehead atoms. The van der Waals surface area contributed by atoms with Gasteiger partial charge in [-0.2, -0.15) is 0 Å². The number of esters is 2. The lowest BCUT2D eigenvalue weighted by atomic mass is 10.1. The number of hydrogen-bond donors (Lipinski definition) is 0. The normalized spacial score (nSPS) is 11.0. The molecule has 0 radical (unpaired) electrons. The lowest BCUT2D eigenvalue weighted by molar-refractivity contribution is -0.144. The Morgan fingerprint density at radius 1 is 0.394 bits per heavy atom. The molecule has 4 heteroatoms. The number of rotatable bonds is 26. The molecule has 196 valence electrons. The molecule has 0 saturated heterocycles. The van der Waals surface area contributed by atoms with Crippen LogP contribution in [0.2, 0.25) is 0 Å². The Morgan fingerprint density at radius 2 is 0.667 bits per heavy atom. The highest BCUT2D eigenvalue weighted by Gasteiger charge is 2.04. The standard InChI is InChI=1S/C29H56O4/c1-3-5-7-9-12-16-20-24-28(30)32-26-22-18-14-11-15-19-23-27-33-29(31)25-21-17-13-10-8-6-4-2/h3-27H2,1-2H3. The molecule has 0 aliphatic heterocycles. The molecule has 0 spiro atoms. The van der Waals surface area contributed by atoms with Crippen LogP contribution in [0.4, 0.5) is 0 Å². The topological polar surface area (TPSA) is 52.6 Å². The predicted molar refractivity (Wildman–Crippen MR) is 139 cm³/mol. The molecule has 0 aromatic rings. The molecule has 0 heterocycles. The van der Waals surface area contributed by atoms with Gasteiger partial charge in [0, 0.05) is 12.8 Å². The van der Waals surface area contributed by atoms with E-state index in [2.05, 4.69) is 13.8 Å². The first-order valence-electron chi connectivity index (χ1n) is 14.5. The van der Waals surface area contributed by atoms with Crippen LogP contribution >= 0.6 is 0 Å². The van der Waals surface area contributed by atoms with Crippen LogP contribution in [0.5, 0.6) is 0 Å². The molecule has 0 atom stereocenters. The molecule has 0 fully saturated rings. The average Bonchev–Trinajstić information content (AvgIpc) is 2.81. The van der Waals surface area contributed by atoms with Gasteiger partial charge in [-0.3, -0.25) is 9.59 Å². The summed E-state index contributed by atoms with van der Waals surface area (Å²) in [5.74, 6) is -0.0461. The van der Waals surface area contributed by atoms with Crippen molar-refractivity contribution in [3.63, 3.8) is 0 Å². The summed E-state index contributed by atoms with van der Waals surface area (Å²) in [6, 6.07) is 0. The third-order valence-electron chi connectivity index (χ3n) is 6.28. The van der Waals surface area contributed by atoms with Crippen LogP contribution in [-0.4, -0.2) is 25.2 Å². The highest BCUT2D eigenvalue weighted by molar-refractivity contribution is 5.69. The Balaban J connectivity index is 3.22. The number of hydrogen-bond acceptors (Lipinski definition) is 4. The van der Waals surface area contributed by atoms with Crippen molar-refractivity contribution >= 4 is 11.9 Å². The molecule has 0 aliphatic rings. The van der Waals surface area contributed by atoms with E-state index in [9.17, 15) is 9.59 Å². The van der Waals surface area contributed by atoms with Crippen molar-refractivity contribution < 1.29 is 19.1 Å². The quantitative estimate of drug-likeness (QED) is 0.0938. The van der Waals surface area contributed by atoms with Crippen LogP contribution < -0.4 is 0 Å². The van der Waals surface area contributed by atoms with Crippen molar-refractivity contribution in [1.29, 1.82) is 0 Å². The second-order valence-corrected chi connectivity index (χ2v) is 9.66. The molecule has 0 aromatic heterocycles. The first-order valence-corrected chi connectivity index (χ1v) is 14.5. The molecule has 0 aromatic carbocycles. The van der Waals surface area contributed by atoms with Crippen LogP contribution in [0.1, 0.15) is 162 Å². The van der Waals surface area contributed by atoms with Crippen molar-refractivity contribution in [3.8, 4) is 0 Å². The van der Waals surface area contributed by atoms with E-state index in [4.69, 9.17) is 9.47 Å². The largest absolute Gasteiger partial charge is 0.466 e. The molecule has 0 rings (SSSR count). The SMILES string of the molecule is CCCCCCCCCC(=O)OCCCCCCCCCOC(=O)CCCCCCCCC. The van der Waals surface area contributed by atoms with Gasteiger partial charge in [0.1, 0.15) is 0 Å². The summed E-state index contributed by atoms with van der Waals surface area (Å²) in [5.41, 5.74) is 0. The highest BCUT2D eigenvalue weighted by atomic mass is 16.5. The first kappa shape index (κ1) is 31.9. The molecule has 0 N–H and O–H groups in total. The van der Waals surface area contributed by atoms with Gasteiger partial charge < -0.3 is 9.47 Å². The maximum absolute atomic E-state index is 11.7. The number of carbonyl (C=O) groups is 2. The summed E-state index contributed by atoms with van der Waals surface area (Å²) < 4.78 is 10.7. The summed E-state index contributed by atoms with van der Waals surface area (Å²) >= 11 is 0. The first-order chi connectivity index (χ1) is 16.2. The summed E-state index contributed by atoms with van der Waals surface area (Å²) in [6.45, 7) is 5.61. The number of carbonyl (C=O) groups excluding carboxylic acids is 2. The molecule has 0 saturated carbocycles. The second-order valence-electron chi connectivity index (χ2n) is 9.66. The van der Waals surface area contributed by atoms with Crippen molar-refractivity contribution in [2.75, 3.05) is 13.2 Å². The molecular formula is C29H56O4. The van der Waals surface area contributed by atoms with Crippen molar-refractivity contribution in [2.24, 2.45) is 0 Å². The molecular weight excluding hydrogens is 412 g/mol. The van der Waals surface area contributed by atoms with E-state index >= 15 is 0 Å². The van der Waals surface area contributed by atoms with E-state index in [1.54, 1.807) is 0 Å². The Morgan fingerprint density at radius 3 is 1.00 bits per heavy atom. The van der Waals surface area contributed by atoms with Crippen molar-refractivity contribution in [2.45, 2.75) is 162 Å². The lowest BCUT2D eigenvalue weighted by Crippen LogP contribution is -2.06. The summed E-state index contributed by atoms with van der Waals surface area (Å²) in [5, 5.41) is 0. The molecule has 33 heavy (non-hydrogen) atoms. The maximum atomic E-state index is 11.7. The average molecular weight is 469 g/mol. The molecule has 0 aliphatic carbocycles. The number of unbranched alkanes of at least 4 members (excludes halogenated alkanes) is 18. The third kappa shape index (κ3) is 27.1. The van der Waals surface area contributed by atoms with Gasteiger partial charge in [0.15, 0.2) is 0 Å². The van der Waals surface area contributed by atoms with E-state index in [0.717, 1.165) is 51.4 Å². The Kier molecular flexibility index (Phi) is 26.3. The summed E-state index contributed by atoms with van der Waals surface area (Å²) in [4.78, 5) is 23.5. The third-order valence-corrected chi connectivity index (χ3v) is 6.28. The van der Waals surface area contributed by atoms with Gasteiger partial charge in [-0.05, 0) is 25.7 Å². The predicted octanol–water partition coefficient (Wildman–Crippen LogP) is 9.08. The van der Waals surface area contributed by atoms with E-state index in [1.807, 2.05) is 0 Å². The van der Waals surface area contributed by atoms with Crippen LogP contribution in [0.15, 0.2) is 0 Å². The zero-order valence-electron chi connectivity index (χ0n) is 22.3. The summed E-state index contributed by atoms with van der Waals surface area (Å²) in [6.07, 6.45) is 26.1. The zero-order valence-corrected chi connectivity index (χ0v) is 22.3. The van der Waals surface area contributed by atoms with Gasteiger partial charge in [0.05, 0.1) is 13.2 Å². The van der Waals surface area contributed by atoms with E-state index in [1.165, 1.54) is 83.5 Å². The highest BCUT2D eigenvalue weighted by Crippen LogP contribution is 2.11. The molecule has 4 nitrogen and oxygen atoms in total. The minimum Gasteiger partial charge on any atom is -0.466 e. The zero-order chi connectivity index (χ0) is 24.2. The fourth-order valence-corrected chi connectivity index (χ4v) is 4.06. The van der Waals surface area contributed by atoms with Gasteiger partial charge in [-0.25, -0.2) is 0 Å². The monoisotopic (exact) mass is 468 g/mol. The van der Waals surface area contributed by atoms with Crippen LogP contribution in [-0.2, 0) is 19.1 Å².